The van der Waals surface area contributed by atoms with Gasteiger partial charge >= 0.3 is 5.97 Å². The van der Waals surface area contributed by atoms with Gasteiger partial charge in [-0.1, -0.05) is 18.7 Å². The number of benzene rings is 1. The Morgan fingerprint density at radius 1 is 1.40 bits per heavy atom. The van der Waals surface area contributed by atoms with E-state index < -0.39 is 6.04 Å². The molecule has 0 amide bonds. The summed E-state index contributed by atoms with van der Waals surface area (Å²) in [6, 6.07) is 6.34. The number of hydrogen-bond donors (Lipinski definition) is 2. The number of methoxy groups -OCH3 is 1. The van der Waals surface area contributed by atoms with Crippen LogP contribution in [0.25, 0.3) is 0 Å². The van der Waals surface area contributed by atoms with Gasteiger partial charge in [-0.3, -0.25) is 0 Å². The Balaban J connectivity index is 2.90. The topological polar surface area (TPSA) is 78.3 Å². The number of carbonyl (C=O) groups excluding carboxylic acids is 1. The summed E-state index contributed by atoms with van der Waals surface area (Å²) in [5, 5.41) is 0. The van der Waals surface area contributed by atoms with Crippen molar-refractivity contribution < 1.29 is 9.53 Å². The van der Waals surface area contributed by atoms with Crippen LogP contribution in [-0.2, 0) is 4.74 Å². The zero-order chi connectivity index (χ0) is 11.4. The van der Waals surface area contributed by atoms with Crippen molar-refractivity contribution in [1.29, 1.82) is 0 Å². The highest BCUT2D eigenvalue weighted by atomic mass is 16.5. The van der Waals surface area contributed by atoms with Crippen LogP contribution in [0.1, 0.15) is 22.0 Å². The number of rotatable bonds is 3. The first-order valence-electron chi connectivity index (χ1n) is 4.44. The molecule has 0 saturated heterocycles. The van der Waals surface area contributed by atoms with Gasteiger partial charge in [0.1, 0.15) is 0 Å². The number of esters is 1. The van der Waals surface area contributed by atoms with Crippen LogP contribution in [0.2, 0.25) is 0 Å². The maximum atomic E-state index is 11.1. The van der Waals surface area contributed by atoms with Crippen molar-refractivity contribution in [3.05, 3.63) is 47.7 Å². The lowest BCUT2D eigenvalue weighted by atomic mass is 10.0. The van der Waals surface area contributed by atoms with E-state index in [4.69, 9.17) is 11.5 Å². The van der Waals surface area contributed by atoms with Gasteiger partial charge < -0.3 is 16.2 Å². The van der Waals surface area contributed by atoms with Gasteiger partial charge in [0.05, 0.1) is 18.7 Å². The Bertz CT molecular complexity index is 371. The number of nitrogens with two attached hydrogens (primary N) is 2. The smallest absolute Gasteiger partial charge is 0.337 e. The standard InChI is InChI=1S/C11H14N2O2/c1-7(12)10(13)8-3-5-9(6-4-8)11(14)15-2/h3-6,10H,1,12-13H2,2H3/t10-/m0/s1. The molecule has 0 saturated carbocycles. The van der Waals surface area contributed by atoms with Crippen LogP contribution in [0.5, 0.6) is 0 Å². The number of carbonyl (C=O) groups is 1. The molecule has 0 aromatic heterocycles. The van der Waals surface area contributed by atoms with E-state index in [2.05, 4.69) is 11.3 Å². The summed E-state index contributed by atoms with van der Waals surface area (Å²) < 4.78 is 4.57. The van der Waals surface area contributed by atoms with Crippen molar-refractivity contribution >= 4 is 5.97 Å². The minimum Gasteiger partial charge on any atom is -0.465 e. The zero-order valence-corrected chi connectivity index (χ0v) is 8.57. The molecular formula is C11H14N2O2. The highest BCUT2D eigenvalue weighted by molar-refractivity contribution is 5.89. The lowest BCUT2D eigenvalue weighted by molar-refractivity contribution is 0.0600. The Hall–Kier alpha value is -1.81. The summed E-state index contributed by atoms with van der Waals surface area (Å²) in [5.74, 6) is -0.373. The highest BCUT2D eigenvalue weighted by Crippen LogP contribution is 2.15. The van der Waals surface area contributed by atoms with Crippen molar-refractivity contribution in [3.63, 3.8) is 0 Å². The van der Waals surface area contributed by atoms with Crippen molar-refractivity contribution in [3.8, 4) is 0 Å². The van der Waals surface area contributed by atoms with Crippen molar-refractivity contribution in [2.45, 2.75) is 6.04 Å². The quantitative estimate of drug-likeness (QED) is 0.721. The molecule has 0 aliphatic rings. The fraction of sp³-hybridized carbons (Fsp3) is 0.182. The molecule has 4 nitrogen and oxygen atoms in total. The van der Waals surface area contributed by atoms with Crippen LogP contribution in [0.3, 0.4) is 0 Å². The van der Waals surface area contributed by atoms with Crippen LogP contribution in [0.15, 0.2) is 36.5 Å². The Kier molecular flexibility index (Phi) is 3.46. The largest absolute Gasteiger partial charge is 0.465 e. The monoisotopic (exact) mass is 206 g/mol. The molecule has 0 aliphatic heterocycles. The molecule has 1 atom stereocenters. The normalized spacial score (nSPS) is 11.9. The lowest BCUT2D eigenvalue weighted by Gasteiger charge is -2.11. The van der Waals surface area contributed by atoms with Gasteiger partial charge in [-0.05, 0) is 17.7 Å². The molecule has 0 fully saturated rings. The predicted octanol–water partition coefficient (Wildman–Crippen LogP) is 0.945. The molecule has 0 unspecified atom stereocenters. The minimum absolute atomic E-state index is 0.373. The first kappa shape index (κ1) is 11.3. The Labute approximate surface area is 88.5 Å². The van der Waals surface area contributed by atoms with Crippen molar-refractivity contribution in [1.82, 2.24) is 0 Å². The van der Waals surface area contributed by atoms with Gasteiger partial charge in [0.2, 0.25) is 0 Å². The summed E-state index contributed by atoms with van der Waals surface area (Å²) in [4.78, 5) is 11.1. The molecule has 4 N–H and O–H groups in total. The highest BCUT2D eigenvalue weighted by Gasteiger charge is 2.09. The molecule has 0 bridgehead atoms. The average molecular weight is 206 g/mol. The van der Waals surface area contributed by atoms with E-state index in [-0.39, 0.29) is 5.97 Å². The first-order valence-corrected chi connectivity index (χ1v) is 4.44. The van der Waals surface area contributed by atoms with Crippen LogP contribution in [0.4, 0.5) is 0 Å². The third-order valence-electron chi connectivity index (χ3n) is 2.09. The summed E-state index contributed by atoms with van der Waals surface area (Å²) in [6.45, 7) is 3.57. The molecular weight excluding hydrogens is 192 g/mol. The van der Waals surface area contributed by atoms with E-state index in [0.717, 1.165) is 5.56 Å². The molecule has 0 heterocycles. The summed E-state index contributed by atoms with van der Waals surface area (Å²) in [5.41, 5.74) is 12.9. The fourth-order valence-electron chi connectivity index (χ4n) is 1.16. The average Bonchev–Trinajstić information content (AvgIpc) is 2.27. The van der Waals surface area contributed by atoms with E-state index in [1.165, 1.54) is 7.11 Å². The molecule has 80 valence electrons. The second kappa shape index (κ2) is 4.61. The molecule has 0 radical (unpaired) electrons. The van der Waals surface area contributed by atoms with Gasteiger partial charge in [0.25, 0.3) is 0 Å². The van der Waals surface area contributed by atoms with Gasteiger partial charge in [-0.2, -0.15) is 0 Å². The summed E-state index contributed by atoms with van der Waals surface area (Å²) >= 11 is 0. The van der Waals surface area contributed by atoms with Crippen LogP contribution in [0, 0.1) is 0 Å². The van der Waals surface area contributed by atoms with Crippen molar-refractivity contribution in [2.24, 2.45) is 11.5 Å². The first-order chi connectivity index (χ1) is 7.06. The number of ether oxygens (including phenoxy) is 1. The molecule has 4 heteroatoms. The summed E-state index contributed by atoms with van der Waals surface area (Å²) in [7, 11) is 1.34. The van der Waals surface area contributed by atoms with Gasteiger partial charge in [-0.15, -0.1) is 0 Å². The number of hydrogen-bond acceptors (Lipinski definition) is 4. The van der Waals surface area contributed by atoms with Crippen LogP contribution >= 0.6 is 0 Å². The third kappa shape index (κ3) is 2.57. The predicted molar refractivity (Wildman–Crippen MR) is 58.0 cm³/mol. The Morgan fingerprint density at radius 2 is 1.93 bits per heavy atom. The second-order valence-electron chi connectivity index (χ2n) is 3.17. The Morgan fingerprint density at radius 3 is 2.33 bits per heavy atom. The van der Waals surface area contributed by atoms with E-state index >= 15 is 0 Å². The SMILES string of the molecule is C=C(N)[C@H](N)c1ccc(C(=O)OC)cc1. The second-order valence-corrected chi connectivity index (χ2v) is 3.17. The third-order valence-corrected chi connectivity index (χ3v) is 2.09. The van der Waals surface area contributed by atoms with Gasteiger partial charge in [0.15, 0.2) is 0 Å². The molecule has 1 rings (SSSR count). The summed E-state index contributed by atoms with van der Waals surface area (Å²) in [6.07, 6.45) is 0. The van der Waals surface area contributed by atoms with E-state index in [1.807, 2.05) is 0 Å². The molecule has 1 aromatic carbocycles. The fourth-order valence-corrected chi connectivity index (χ4v) is 1.16. The minimum atomic E-state index is -0.406. The molecule has 0 spiro atoms. The van der Waals surface area contributed by atoms with E-state index in [9.17, 15) is 4.79 Å². The van der Waals surface area contributed by atoms with Crippen molar-refractivity contribution in [2.75, 3.05) is 7.11 Å². The van der Waals surface area contributed by atoms with Crippen LogP contribution in [-0.4, -0.2) is 13.1 Å². The maximum Gasteiger partial charge on any atom is 0.337 e. The van der Waals surface area contributed by atoms with E-state index in [1.54, 1.807) is 24.3 Å². The van der Waals surface area contributed by atoms with E-state index in [0.29, 0.717) is 11.3 Å². The van der Waals surface area contributed by atoms with Crippen LogP contribution < -0.4 is 11.5 Å². The molecule has 1 aromatic rings. The molecule has 15 heavy (non-hydrogen) atoms. The van der Waals surface area contributed by atoms with Gasteiger partial charge in [-0.25, -0.2) is 4.79 Å². The lowest BCUT2D eigenvalue weighted by Crippen LogP contribution is -2.17. The maximum absolute atomic E-state index is 11.1. The van der Waals surface area contributed by atoms with Gasteiger partial charge in [0, 0.05) is 5.70 Å². The zero-order valence-electron chi connectivity index (χ0n) is 8.57. The molecule has 0 aliphatic carbocycles.